The highest BCUT2D eigenvalue weighted by Crippen LogP contribution is 2.22. The molecule has 114 valence electrons. The third-order valence-electron chi connectivity index (χ3n) is 2.89. The zero-order valence-corrected chi connectivity index (χ0v) is 13.3. The standard InChI is InChI=1S/C13H23N3O3S/c1-9(2)5-6-16(7-10(3)12(17)18)13-15-14-11(20-13)8-19-4/h9-10H,5-8H2,1-4H3,(H,17,18). The molecule has 1 atom stereocenters. The molecule has 1 N–H and O–H groups in total. The van der Waals surface area contributed by atoms with E-state index in [1.807, 2.05) is 4.90 Å². The molecule has 0 saturated heterocycles. The zero-order chi connectivity index (χ0) is 15.1. The van der Waals surface area contributed by atoms with Gasteiger partial charge in [-0.3, -0.25) is 4.79 Å². The average molecular weight is 301 g/mol. The molecule has 1 aromatic rings. The fourth-order valence-corrected chi connectivity index (χ4v) is 2.49. The number of hydrogen-bond acceptors (Lipinski definition) is 6. The number of hydrogen-bond donors (Lipinski definition) is 1. The first-order valence-electron chi connectivity index (χ1n) is 6.73. The van der Waals surface area contributed by atoms with Crippen LogP contribution in [0.25, 0.3) is 0 Å². The second-order valence-electron chi connectivity index (χ2n) is 5.28. The Hall–Kier alpha value is -1.21. The van der Waals surface area contributed by atoms with Gasteiger partial charge in [0, 0.05) is 20.2 Å². The van der Waals surface area contributed by atoms with Crippen LogP contribution in [0, 0.1) is 11.8 Å². The van der Waals surface area contributed by atoms with Gasteiger partial charge in [-0.1, -0.05) is 32.1 Å². The minimum atomic E-state index is -0.791. The molecule has 1 heterocycles. The molecule has 1 aromatic heterocycles. The topological polar surface area (TPSA) is 75.6 Å². The van der Waals surface area contributed by atoms with Crippen LogP contribution in [0.15, 0.2) is 0 Å². The Balaban J connectivity index is 2.76. The third-order valence-corrected chi connectivity index (χ3v) is 3.84. The van der Waals surface area contributed by atoms with Gasteiger partial charge in [-0.25, -0.2) is 0 Å². The number of anilines is 1. The van der Waals surface area contributed by atoms with E-state index in [2.05, 4.69) is 24.0 Å². The van der Waals surface area contributed by atoms with E-state index in [1.54, 1.807) is 14.0 Å². The van der Waals surface area contributed by atoms with Crippen LogP contribution in [-0.2, 0) is 16.1 Å². The van der Waals surface area contributed by atoms with Gasteiger partial charge in [-0.15, -0.1) is 10.2 Å². The monoisotopic (exact) mass is 301 g/mol. The molecule has 0 aliphatic carbocycles. The van der Waals surface area contributed by atoms with E-state index in [-0.39, 0.29) is 0 Å². The van der Waals surface area contributed by atoms with Gasteiger partial charge in [0.05, 0.1) is 5.92 Å². The fraction of sp³-hybridized carbons (Fsp3) is 0.769. The summed E-state index contributed by atoms with van der Waals surface area (Å²) in [6, 6.07) is 0. The molecule has 0 aromatic carbocycles. The van der Waals surface area contributed by atoms with Crippen LogP contribution in [0.1, 0.15) is 32.2 Å². The van der Waals surface area contributed by atoms with E-state index in [9.17, 15) is 4.79 Å². The highest BCUT2D eigenvalue weighted by molar-refractivity contribution is 7.15. The van der Waals surface area contributed by atoms with E-state index in [4.69, 9.17) is 9.84 Å². The number of rotatable bonds is 9. The maximum absolute atomic E-state index is 11.0. The quantitative estimate of drug-likeness (QED) is 0.754. The van der Waals surface area contributed by atoms with E-state index in [1.165, 1.54) is 11.3 Å². The van der Waals surface area contributed by atoms with Gasteiger partial charge in [0.15, 0.2) is 0 Å². The third kappa shape index (κ3) is 5.42. The van der Waals surface area contributed by atoms with E-state index >= 15 is 0 Å². The largest absolute Gasteiger partial charge is 0.481 e. The van der Waals surface area contributed by atoms with Crippen LogP contribution in [0.4, 0.5) is 5.13 Å². The molecule has 0 saturated carbocycles. The van der Waals surface area contributed by atoms with Gasteiger partial charge in [0.2, 0.25) is 5.13 Å². The van der Waals surface area contributed by atoms with E-state index in [0.717, 1.165) is 23.1 Å². The highest BCUT2D eigenvalue weighted by Gasteiger charge is 2.19. The molecule has 0 radical (unpaired) electrons. The van der Waals surface area contributed by atoms with Crippen molar-refractivity contribution in [3.8, 4) is 0 Å². The number of ether oxygens (including phenoxy) is 1. The zero-order valence-electron chi connectivity index (χ0n) is 12.5. The molecular weight excluding hydrogens is 278 g/mol. The summed E-state index contributed by atoms with van der Waals surface area (Å²) in [5.74, 6) is -0.665. The molecule has 1 unspecified atom stereocenters. The summed E-state index contributed by atoms with van der Waals surface area (Å²) in [7, 11) is 1.62. The van der Waals surface area contributed by atoms with Crippen LogP contribution in [0.3, 0.4) is 0 Å². The van der Waals surface area contributed by atoms with Crippen molar-refractivity contribution in [2.24, 2.45) is 11.8 Å². The predicted molar refractivity (Wildman–Crippen MR) is 79.1 cm³/mol. The molecule has 20 heavy (non-hydrogen) atoms. The Morgan fingerprint density at radius 2 is 2.10 bits per heavy atom. The van der Waals surface area contributed by atoms with Crippen molar-refractivity contribution in [1.29, 1.82) is 0 Å². The normalized spacial score (nSPS) is 12.7. The van der Waals surface area contributed by atoms with Crippen LogP contribution in [0.5, 0.6) is 0 Å². The lowest BCUT2D eigenvalue weighted by Gasteiger charge is -2.24. The first kappa shape index (κ1) is 16.8. The number of carboxylic acids is 1. The number of methoxy groups -OCH3 is 1. The molecule has 7 heteroatoms. The van der Waals surface area contributed by atoms with Crippen molar-refractivity contribution in [2.45, 2.75) is 33.8 Å². The lowest BCUT2D eigenvalue weighted by molar-refractivity contribution is -0.140. The number of aliphatic carboxylic acids is 1. The average Bonchev–Trinajstić information content (AvgIpc) is 2.82. The maximum Gasteiger partial charge on any atom is 0.308 e. The van der Waals surface area contributed by atoms with Gasteiger partial charge in [0.1, 0.15) is 11.6 Å². The summed E-state index contributed by atoms with van der Waals surface area (Å²) in [4.78, 5) is 13.0. The summed E-state index contributed by atoms with van der Waals surface area (Å²) in [6.07, 6.45) is 0.992. The number of carboxylic acid groups (broad SMARTS) is 1. The number of carbonyl (C=O) groups is 1. The van der Waals surface area contributed by atoms with Crippen LogP contribution in [0.2, 0.25) is 0 Å². The maximum atomic E-state index is 11.0. The molecule has 0 aliphatic rings. The second-order valence-corrected chi connectivity index (χ2v) is 6.32. The Morgan fingerprint density at radius 1 is 1.40 bits per heavy atom. The Morgan fingerprint density at radius 3 is 2.65 bits per heavy atom. The lowest BCUT2D eigenvalue weighted by atomic mass is 10.1. The summed E-state index contributed by atoms with van der Waals surface area (Å²) < 4.78 is 5.03. The van der Waals surface area contributed by atoms with Gasteiger partial charge in [0.25, 0.3) is 0 Å². The summed E-state index contributed by atoms with van der Waals surface area (Å²) in [6.45, 7) is 7.68. The van der Waals surface area contributed by atoms with Crippen molar-refractivity contribution in [2.75, 3.05) is 25.1 Å². The van der Waals surface area contributed by atoms with Crippen molar-refractivity contribution in [3.05, 3.63) is 5.01 Å². The van der Waals surface area contributed by atoms with Crippen LogP contribution < -0.4 is 4.90 Å². The van der Waals surface area contributed by atoms with Crippen molar-refractivity contribution in [1.82, 2.24) is 10.2 Å². The highest BCUT2D eigenvalue weighted by atomic mass is 32.1. The minimum Gasteiger partial charge on any atom is -0.481 e. The summed E-state index contributed by atoms with van der Waals surface area (Å²) >= 11 is 1.46. The summed E-state index contributed by atoms with van der Waals surface area (Å²) in [5, 5.41) is 18.8. The number of nitrogens with zero attached hydrogens (tertiary/aromatic N) is 3. The molecule has 0 aliphatic heterocycles. The smallest absolute Gasteiger partial charge is 0.308 e. The van der Waals surface area contributed by atoms with Gasteiger partial charge < -0.3 is 14.7 Å². The minimum absolute atomic E-state index is 0.433. The Bertz CT molecular complexity index is 423. The first-order valence-corrected chi connectivity index (χ1v) is 7.54. The van der Waals surface area contributed by atoms with Gasteiger partial charge >= 0.3 is 5.97 Å². The van der Waals surface area contributed by atoms with Gasteiger partial charge in [-0.05, 0) is 12.3 Å². The van der Waals surface area contributed by atoms with Crippen molar-refractivity contribution in [3.63, 3.8) is 0 Å². The van der Waals surface area contributed by atoms with Crippen molar-refractivity contribution >= 4 is 22.4 Å². The molecular formula is C13H23N3O3S. The van der Waals surface area contributed by atoms with Crippen LogP contribution in [-0.4, -0.2) is 41.5 Å². The van der Waals surface area contributed by atoms with Crippen molar-refractivity contribution < 1.29 is 14.6 Å². The molecule has 0 amide bonds. The van der Waals surface area contributed by atoms with Gasteiger partial charge in [-0.2, -0.15) is 0 Å². The predicted octanol–water partition coefficient (Wildman–Crippen LogP) is 2.26. The molecule has 6 nitrogen and oxygen atoms in total. The lowest BCUT2D eigenvalue weighted by Crippen LogP contribution is -2.33. The first-order chi connectivity index (χ1) is 9.43. The Labute approximate surface area is 123 Å². The SMILES string of the molecule is COCc1nnc(N(CCC(C)C)CC(C)C(=O)O)s1. The van der Waals surface area contributed by atoms with E-state index in [0.29, 0.717) is 19.1 Å². The molecule has 0 spiro atoms. The Kier molecular flexibility index (Phi) is 6.87. The number of aromatic nitrogens is 2. The molecule has 0 fully saturated rings. The fourth-order valence-electron chi connectivity index (χ4n) is 1.64. The molecule has 1 rings (SSSR count). The van der Waals surface area contributed by atoms with E-state index < -0.39 is 11.9 Å². The second kappa shape index (κ2) is 8.16. The van der Waals surface area contributed by atoms with Crippen LogP contribution >= 0.6 is 11.3 Å². The molecule has 0 bridgehead atoms. The summed E-state index contributed by atoms with van der Waals surface area (Å²) in [5.41, 5.74) is 0.